The van der Waals surface area contributed by atoms with E-state index in [0.29, 0.717) is 36.5 Å². The number of halogens is 1. The fourth-order valence-corrected chi connectivity index (χ4v) is 4.21. The molecule has 1 aromatic heterocycles. The van der Waals surface area contributed by atoms with Crippen molar-refractivity contribution in [3.63, 3.8) is 0 Å². The number of nitrogens with one attached hydrogen (secondary N) is 1. The molecule has 0 radical (unpaired) electrons. The molecule has 1 atom stereocenters. The molecule has 0 bridgehead atoms. The lowest BCUT2D eigenvalue weighted by Crippen LogP contribution is -2.48. The number of ether oxygens (including phenoxy) is 1. The summed E-state index contributed by atoms with van der Waals surface area (Å²) < 4.78 is 18.9. The number of aromatic nitrogens is 2. The Labute approximate surface area is 166 Å². The predicted molar refractivity (Wildman–Crippen MR) is 103 cm³/mol. The topological polar surface area (TPSA) is 75.3 Å². The van der Waals surface area contributed by atoms with Crippen LogP contribution in [0, 0.1) is 5.82 Å². The average Bonchev–Trinajstić information content (AvgIpc) is 3.33. The quantitative estimate of drug-likeness (QED) is 0.679. The molecule has 3 aromatic rings. The highest BCUT2D eigenvalue weighted by molar-refractivity contribution is 5.96. The maximum Gasteiger partial charge on any atom is 0.339 e. The van der Waals surface area contributed by atoms with Crippen LogP contribution in [0.1, 0.15) is 39.3 Å². The third-order valence-electron chi connectivity index (χ3n) is 5.62. The van der Waals surface area contributed by atoms with E-state index in [9.17, 15) is 14.0 Å². The molecule has 2 aliphatic heterocycles. The van der Waals surface area contributed by atoms with Gasteiger partial charge >= 0.3 is 5.97 Å². The van der Waals surface area contributed by atoms with Gasteiger partial charge in [0.1, 0.15) is 11.5 Å². The molecule has 3 heterocycles. The number of carbonyl (C=O) groups excluding carboxylic acids is 2. The molecule has 1 amide bonds. The number of rotatable bonds is 2. The Morgan fingerprint density at radius 2 is 1.97 bits per heavy atom. The first-order valence-electron chi connectivity index (χ1n) is 9.49. The third kappa shape index (κ3) is 2.90. The van der Waals surface area contributed by atoms with Crippen LogP contribution in [0.25, 0.3) is 11.3 Å². The summed E-state index contributed by atoms with van der Waals surface area (Å²) in [6.07, 6.45) is 1.41. The number of piperidine rings is 1. The number of amides is 1. The van der Waals surface area contributed by atoms with Gasteiger partial charge < -0.3 is 9.64 Å². The van der Waals surface area contributed by atoms with Crippen LogP contribution in [0.5, 0.6) is 0 Å². The second-order valence-corrected chi connectivity index (χ2v) is 7.43. The highest BCUT2D eigenvalue weighted by Gasteiger charge is 2.48. The molecule has 2 aromatic carbocycles. The van der Waals surface area contributed by atoms with Crippen LogP contribution in [-0.2, 0) is 10.3 Å². The van der Waals surface area contributed by atoms with Crippen LogP contribution in [0.3, 0.4) is 0 Å². The fourth-order valence-electron chi connectivity index (χ4n) is 4.21. The normalized spacial score (nSPS) is 20.6. The van der Waals surface area contributed by atoms with Crippen molar-refractivity contribution in [3.05, 3.63) is 77.2 Å². The first-order chi connectivity index (χ1) is 14.1. The molecule has 1 saturated heterocycles. The number of benzene rings is 2. The molecule has 1 fully saturated rings. The van der Waals surface area contributed by atoms with Gasteiger partial charge in [0.2, 0.25) is 0 Å². The van der Waals surface area contributed by atoms with Crippen molar-refractivity contribution in [3.8, 4) is 11.3 Å². The molecular formula is C22H18FN3O3. The molecule has 6 nitrogen and oxygen atoms in total. The van der Waals surface area contributed by atoms with E-state index < -0.39 is 5.60 Å². The van der Waals surface area contributed by atoms with Gasteiger partial charge in [-0.1, -0.05) is 18.2 Å². The lowest BCUT2D eigenvalue weighted by molar-refractivity contribution is -0.0443. The number of hydrogen-bond donors (Lipinski definition) is 1. The first-order valence-corrected chi connectivity index (χ1v) is 9.49. The number of H-pyrrole nitrogens is 1. The lowest BCUT2D eigenvalue weighted by atomic mass is 9.85. The SMILES string of the molecule is O=C1O[C@@]2(CCCN(C(=O)c3cc(-c4ccc(F)cc4)n[nH]3)C2)c2ccccc21. The Balaban J connectivity index is 1.40. The van der Waals surface area contributed by atoms with Gasteiger partial charge in [0, 0.05) is 17.7 Å². The average molecular weight is 391 g/mol. The number of hydrogen-bond acceptors (Lipinski definition) is 4. The Bertz CT molecular complexity index is 1110. The van der Waals surface area contributed by atoms with E-state index in [0.717, 1.165) is 17.5 Å². The number of carbonyl (C=O) groups is 2. The van der Waals surface area contributed by atoms with Crippen molar-refractivity contribution in [1.29, 1.82) is 0 Å². The third-order valence-corrected chi connectivity index (χ3v) is 5.62. The lowest BCUT2D eigenvalue weighted by Gasteiger charge is -2.39. The van der Waals surface area contributed by atoms with Crippen molar-refractivity contribution in [1.82, 2.24) is 15.1 Å². The largest absolute Gasteiger partial charge is 0.449 e. The van der Waals surface area contributed by atoms with E-state index in [1.807, 2.05) is 18.2 Å². The standard InChI is InChI=1S/C22H18FN3O3/c23-15-8-6-14(7-9-15)18-12-19(25-24-18)20(27)26-11-3-10-22(13-26)17-5-2-1-4-16(17)21(28)29-22/h1-2,4-9,12H,3,10-11,13H2,(H,24,25)/t22-/m1/s1. The second-order valence-electron chi connectivity index (χ2n) is 7.43. The fraction of sp³-hybridized carbons (Fsp3) is 0.227. The minimum absolute atomic E-state index is 0.203. The van der Waals surface area contributed by atoms with Gasteiger partial charge in [-0.2, -0.15) is 5.10 Å². The van der Waals surface area contributed by atoms with Crippen molar-refractivity contribution in [2.45, 2.75) is 18.4 Å². The molecule has 1 spiro atoms. The predicted octanol–water partition coefficient (Wildman–Crippen LogP) is 3.52. The van der Waals surface area contributed by atoms with Gasteiger partial charge in [0.05, 0.1) is 17.8 Å². The van der Waals surface area contributed by atoms with E-state index in [1.54, 1.807) is 29.2 Å². The molecule has 0 saturated carbocycles. The molecule has 2 aliphatic rings. The monoisotopic (exact) mass is 391 g/mol. The maximum atomic E-state index is 13.1. The van der Waals surface area contributed by atoms with Gasteiger partial charge in [-0.25, -0.2) is 9.18 Å². The molecule has 0 aliphatic carbocycles. The Morgan fingerprint density at radius 1 is 1.17 bits per heavy atom. The van der Waals surface area contributed by atoms with Gasteiger partial charge in [-0.15, -0.1) is 0 Å². The van der Waals surface area contributed by atoms with E-state index in [-0.39, 0.29) is 17.7 Å². The van der Waals surface area contributed by atoms with Crippen LogP contribution in [0.2, 0.25) is 0 Å². The number of esters is 1. The summed E-state index contributed by atoms with van der Waals surface area (Å²) in [6, 6.07) is 15.0. The number of aromatic amines is 1. The number of nitrogens with zero attached hydrogens (tertiary/aromatic N) is 2. The summed E-state index contributed by atoms with van der Waals surface area (Å²) in [5.74, 6) is -0.869. The van der Waals surface area contributed by atoms with Crippen molar-refractivity contribution in [2.24, 2.45) is 0 Å². The van der Waals surface area contributed by atoms with Crippen LogP contribution in [-0.4, -0.2) is 40.1 Å². The zero-order valence-corrected chi connectivity index (χ0v) is 15.5. The molecule has 1 N–H and O–H groups in total. The maximum absolute atomic E-state index is 13.1. The van der Waals surface area contributed by atoms with Crippen molar-refractivity contribution in [2.75, 3.05) is 13.1 Å². The van der Waals surface area contributed by atoms with Crippen molar-refractivity contribution >= 4 is 11.9 Å². The Kier molecular flexibility index (Phi) is 3.97. The Morgan fingerprint density at radius 3 is 2.79 bits per heavy atom. The zero-order valence-electron chi connectivity index (χ0n) is 15.5. The Hall–Kier alpha value is -3.48. The van der Waals surface area contributed by atoms with E-state index in [4.69, 9.17) is 4.74 Å². The van der Waals surface area contributed by atoms with E-state index in [2.05, 4.69) is 10.2 Å². The smallest absolute Gasteiger partial charge is 0.339 e. The summed E-state index contributed by atoms with van der Waals surface area (Å²) in [5, 5.41) is 6.97. The summed E-state index contributed by atoms with van der Waals surface area (Å²) in [4.78, 5) is 27.1. The van der Waals surface area contributed by atoms with Crippen LogP contribution >= 0.6 is 0 Å². The highest BCUT2D eigenvalue weighted by atomic mass is 19.1. The van der Waals surface area contributed by atoms with Crippen LogP contribution in [0.15, 0.2) is 54.6 Å². The zero-order chi connectivity index (χ0) is 20.0. The summed E-state index contributed by atoms with van der Waals surface area (Å²) >= 11 is 0. The number of fused-ring (bicyclic) bond motifs is 2. The van der Waals surface area contributed by atoms with Gasteiger partial charge in [-0.3, -0.25) is 9.89 Å². The van der Waals surface area contributed by atoms with Crippen molar-refractivity contribution < 1.29 is 18.7 Å². The molecule has 0 unspecified atom stereocenters. The molecule has 146 valence electrons. The first kappa shape index (κ1) is 17.6. The number of likely N-dealkylation sites (tertiary alicyclic amines) is 1. The summed E-state index contributed by atoms with van der Waals surface area (Å²) in [7, 11) is 0. The van der Waals surface area contributed by atoms with E-state index in [1.165, 1.54) is 12.1 Å². The van der Waals surface area contributed by atoms with Gasteiger partial charge in [0.15, 0.2) is 5.60 Å². The molecule has 5 rings (SSSR count). The van der Waals surface area contributed by atoms with E-state index >= 15 is 0 Å². The summed E-state index contributed by atoms with van der Waals surface area (Å²) in [5.41, 5.74) is 2.26. The molecular weight excluding hydrogens is 373 g/mol. The van der Waals surface area contributed by atoms with Gasteiger partial charge in [0.25, 0.3) is 5.91 Å². The highest BCUT2D eigenvalue weighted by Crippen LogP contribution is 2.43. The van der Waals surface area contributed by atoms with Crippen LogP contribution < -0.4 is 0 Å². The summed E-state index contributed by atoms with van der Waals surface area (Å²) in [6.45, 7) is 0.880. The van der Waals surface area contributed by atoms with Gasteiger partial charge in [-0.05, 0) is 49.2 Å². The molecule has 29 heavy (non-hydrogen) atoms. The minimum atomic E-state index is -0.790. The van der Waals surface area contributed by atoms with Crippen LogP contribution in [0.4, 0.5) is 4.39 Å². The minimum Gasteiger partial charge on any atom is -0.449 e. The molecule has 7 heteroatoms. The second kappa shape index (κ2) is 6.55.